The van der Waals surface area contributed by atoms with E-state index in [1.54, 1.807) is 23.9 Å². The number of methoxy groups -OCH3 is 2. The van der Waals surface area contributed by atoms with E-state index in [0.29, 0.717) is 84.8 Å². The number of aromatic amines is 1. The van der Waals surface area contributed by atoms with Crippen molar-refractivity contribution < 1.29 is 36.3 Å². The molecule has 4 heterocycles. The Labute approximate surface area is 266 Å². The highest BCUT2D eigenvalue weighted by Gasteiger charge is 2.26. The molecule has 2 aliphatic heterocycles. The van der Waals surface area contributed by atoms with Gasteiger partial charge in [0, 0.05) is 38.9 Å². The summed E-state index contributed by atoms with van der Waals surface area (Å²) in [5, 5.41) is 3.75. The predicted molar refractivity (Wildman–Crippen MR) is 169 cm³/mol. The van der Waals surface area contributed by atoms with Gasteiger partial charge in [-0.3, -0.25) is 23.7 Å². The van der Waals surface area contributed by atoms with Gasteiger partial charge in [-0.15, -0.1) is 0 Å². The van der Waals surface area contributed by atoms with Gasteiger partial charge in [0.25, 0.3) is 15.7 Å². The zero-order valence-electron chi connectivity index (χ0n) is 26.2. The summed E-state index contributed by atoms with van der Waals surface area (Å²) in [6.45, 7) is 3.10. The standard InChI is InChI=1S/C31H39N5O9S/c1-40-19-44-25-16-20(18-43-26-9-4-5-14-42-26)15-24-29(25)33-28(30(32-24)41-2)22-7-6-8-23-27(22)34-36(31(23)37)13-12-35-11-10-21(17-35)45-46(3,38)39/h6-8,15-16,21,26,34H,4-5,9-14,17-19H2,1-3H3/t21-,26?/m1/s1. The van der Waals surface area contributed by atoms with Gasteiger partial charge in [-0.25, -0.2) is 9.97 Å². The first-order chi connectivity index (χ1) is 22.2. The Hall–Kier alpha value is -3.60. The van der Waals surface area contributed by atoms with Crippen LogP contribution in [0.15, 0.2) is 35.1 Å². The molecule has 15 heteroatoms. The number of benzene rings is 2. The molecule has 6 rings (SSSR count). The Kier molecular flexibility index (Phi) is 9.86. The second kappa shape index (κ2) is 14.0. The lowest BCUT2D eigenvalue weighted by atomic mass is 10.1. The molecule has 2 aromatic heterocycles. The molecule has 0 spiro atoms. The quantitative estimate of drug-likeness (QED) is 0.166. The number of H-pyrrole nitrogens is 1. The van der Waals surface area contributed by atoms with Crippen LogP contribution in [-0.2, 0) is 41.7 Å². The smallest absolute Gasteiger partial charge is 0.274 e. The van der Waals surface area contributed by atoms with Crippen LogP contribution in [0.3, 0.4) is 0 Å². The van der Waals surface area contributed by atoms with E-state index in [0.717, 1.165) is 31.1 Å². The van der Waals surface area contributed by atoms with E-state index in [1.165, 1.54) is 7.11 Å². The third-order valence-electron chi connectivity index (χ3n) is 8.08. The topological polar surface area (TPSA) is 156 Å². The average molecular weight is 658 g/mol. The van der Waals surface area contributed by atoms with Gasteiger partial charge in [-0.1, -0.05) is 12.1 Å². The molecule has 2 fully saturated rings. The van der Waals surface area contributed by atoms with Crippen LogP contribution in [-0.4, -0.2) is 99.0 Å². The molecule has 2 atom stereocenters. The van der Waals surface area contributed by atoms with Crippen LogP contribution in [0.2, 0.25) is 0 Å². The lowest BCUT2D eigenvalue weighted by Gasteiger charge is -2.23. The first-order valence-corrected chi connectivity index (χ1v) is 17.1. The Bertz CT molecular complexity index is 1850. The fourth-order valence-electron chi connectivity index (χ4n) is 5.94. The van der Waals surface area contributed by atoms with Gasteiger partial charge in [0.15, 0.2) is 18.8 Å². The van der Waals surface area contributed by atoms with E-state index in [9.17, 15) is 13.2 Å². The number of likely N-dealkylation sites (tertiary alicyclic amines) is 1. The molecule has 2 saturated heterocycles. The number of fused-ring (bicyclic) bond motifs is 2. The zero-order valence-corrected chi connectivity index (χ0v) is 27.0. The number of hydrogen-bond donors (Lipinski definition) is 1. The molecule has 0 saturated carbocycles. The first kappa shape index (κ1) is 32.3. The molecule has 248 valence electrons. The van der Waals surface area contributed by atoms with Crippen LogP contribution in [0.1, 0.15) is 31.2 Å². The second-order valence-corrected chi connectivity index (χ2v) is 13.1. The number of aromatic nitrogens is 4. The lowest BCUT2D eigenvalue weighted by molar-refractivity contribution is -0.168. The maximum absolute atomic E-state index is 13.4. The Morgan fingerprint density at radius 1 is 1.11 bits per heavy atom. The summed E-state index contributed by atoms with van der Waals surface area (Å²) in [6.07, 6.45) is 4.00. The maximum atomic E-state index is 13.4. The molecule has 0 radical (unpaired) electrons. The van der Waals surface area contributed by atoms with Gasteiger partial charge in [0.05, 0.1) is 49.0 Å². The van der Waals surface area contributed by atoms with Crippen LogP contribution >= 0.6 is 0 Å². The molecule has 2 aromatic carbocycles. The molecule has 1 unspecified atom stereocenters. The van der Waals surface area contributed by atoms with Crippen molar-refractivity contribution >= 4 is 32.1 Å². The van der Waals surface area contributed by atoms with E-state index in [1.807, 2.05) is 18.2 Å². The van der Waals surface area contributed by atoms with Crippen molar-refractivity contribution in [2.45, 2.75) is 51.2 Å². The Morgan fingerprint density at radius 2 is 1.98 bits per heavy atom. The predicted octanol–water partition coefficient (Wildman–Crippen LogP) is 3.02. The summed E-state index contributed by atoms with van der Waals surface area (Å²) >= 11 is 0. The third kappa shape index (κ3) is 7.35. The number of nitrogens with one attached hydrogen (secondary N) is 1. The van der Waals surface area contributed by atoms with Gasteiger partial charge in [-0.2, -0.15) is 8.42 Å². The molecule has 1 N–H and O–H groups in total. The molecule has 0 bridgehead atoms. The largest absolute Gasteiger partial charge is 0.479 e. The van der Waals surface area contributed by atoms with Gasteiger partial charge in [0.1, 0.15) is 11.2 Å². The highest BCUT2D eigenvalue weighted by Crippen LogP contribution is 2.36. The average Bonchev–Trinajstić information content (AvgIpc) is 3.63. The monoisotopic (exact) mass is 657 g/mol. The van der Waals surface area contributed by atoms with Crippen molar-refractivity contribution in [3.8, 4) is 22.9 Å². The molecule has 4 aromatic rings. The van der Waals surface area contributed by atoms with Crippen molar-refractivity contribution in [1.29, 1.82) is 0 Å². The highest BCUT2D eigenvalue weighted by atomic mass is 32.2. The molecule has 14 nitrogen and oxygen atoms in total. The Balaban J connectivity index is 1.30. The summed E-state index contributed by atoms with van der Waals surface area (Å²) in [4.78, 5) is 25.2. The lowest BCUT2D eigenvalue weighted by Crippen LogP contribution is -2.30. The van der Waals surface area contributed by atoms with Crippen molar-refractivity contribution in [3.05, 3.63) is 46.2 Å². The van der Waals surface area contributed by atoms with Gasteiger partial charge in [0.2, 0.25) is 5.88 Å². The van der Waals surface area contributed by atoms with Crippen LogP contribution in [0.4, 0.5) is 0 Å². The fraction of sp³-hybridized carbons (Fsp3) is 0.516. The minimum atomic E-state index is -3.52. The SMILES string of the molecule is COCOc1cc(COC2CCCCO2)cc2nc(OC)c(-c3cccc4c(=O)n(CCN5CC[C@@H](OS(C)(=O)=O)C5)[nH]c34)nc12. The summed E-state index contributed by atoms with van der Waals surface area (Å²) in [5.74, 6) is 0.759. The third-order valence-corrected chi connectivity index (χ3v) is 8.71. The molecular formula is C31H39N5O9S. The van der Waals surface area contributed by atoms with Crippen LogP contribution in [0.5, 0.6) is 11.6 Å². The normalized spacial score (nSPS) is 19.3. The van der Waals surface area contributed by atoms with Crippen molar-refractivity contribution in [3.63, 3.8) is 0 Å². The summed E-state index contributed by atoms with van der Waals surface area (Å²) in [5.41, 5.74) is 3.40. The minimum absolute atomic E-state index is 0.0120. The van der Waals surface area contributed by atoms with E-state index in [4.69, 9.17) is 37.8 Å². The Morgan fingerprint density at radius 3 is 2.74 bits per heavy atom. The second-order valence-electron chi connectivity index (χ2n) is 11.5. The van der Waals surface area contributed by atoms with Gasteiger partial charge in [-0.05, 0) is 49.4 Å². The van der Waals surface area contributed by atoms with Gasteiger partial charge < -0.3 is 23.7 Å². The van der Waals surface area contributed by atoms with E-state index >= 15 is 0 Å². The number of rotatable bonds is 13. The van der Waals surface area contributed by atoms with Crippen LogP contribution in [0.25, 0.3) is 33.2 Å². The number of hydrogen-bond acceptors (Lipinski definition) is 12. The summed E-state index contributed by atoms with van der Waals surface area (Å²) in [6, 6.07) is 9.16. The molecule has 46 heavy (non-hydrogen) atoms. The first-order valence-electron chi connectivity index (χ1n) is 15.3. The molecule has 0 amide bonds. The maximum Gasteiger partial charge on any atom is 0.274 e. The number of nitrogens with zero attached hydrogens (tertiary/aromatic N) is 4. The fourth-order valence-corrected chi connectivity index (χ4v) is 6.59. The number of para-hydroxylation sites is 1. The van der Waals surface area contributed by atoms with E-state index < -0.39 is 10.1 Å². The zero-order chi connectivity index (χ0) is 32.3. The summed E-state index contributed by atoms with van der Waals surface area (Å²) in [7, 11) is -0.451. The highest BCUT2D eigenvalue weighted by molar-refractivity contribution is 7.86. The van der Waals surface area contributed by atoms with E-state index in [-0.39, 0.29) is 30.6 Å². The van der Waals surface area contributed by atoms with Gasteiger partial charge >= 0.3 is 0 Å². The molecular weight excluding hydrogens is 618 g/mol. The van der Waals surface area contributed by atoms with Crippen LogP contribution in [0, 0.1) is 0 Å². The van der Waals surface area contributed by atoms with Crippen molar-refractivity contribution in [2.24, 2.45) is 0 Å². The molecule has 2 aliphatic rings. The minimum Gasteiger partial charge on any atom is -0.479 e. The number of ether oxygens (including phenoxy) is 5. The summed E-state index contributed by atoms with van der Waals surface area (Å²) < 4.78 is 58.3. The van der Waals surface area contributed by atoms with Crippen LogP contribution < -0.4 is 15.0 Å². The van der Waals surface area contributed by atoms with Crippen molar-refractivity contribution in [2.75, 3.05) is 53.5 Å². The van der Waals surface area contributed by atoms with Crippen molar-refractivity contribution in [1.82, 2.24) is 24.6 Å². The van der Waals surface area contributed by atoms with E-state index in [2.05, 4.69) is 10.00 Å². The molecule has 0 aliphatic carbocycles.